The summed E-state index contributed by atoms with van der Waals surface area (Å²) in [5.41, 5.74) is 2.34. The lowest BCUT2D eigenvalue weighted by Crippen LogP contribution is -2.29. The monoisotopic (exact) mass is 670 g/mol. The number of amides is 2. The Labute approximate surface area is 279 Å². The minimum absolute atomic E-state index is 0.0192. The number of thiophene rings is 1. The molecule has 2 aromatic heterocycles. The quantitative estimate of drug-likeness (QED) is 0.152. The number of rotatable bonds is 13. The summed E-state index contributed by atoms with van der Waals surface area (Å²) in [6.45, 7) is 2.37. The minimum Gasteiger partial charge on any atom is -0.494 e. The van der Waals surface area contributed by atoms with Crippen molar-refractivity contribution in [3.8, 4) is 17.2 Å². The van der Waals surface area contributed by atoms with Gasteiger partial charge in [0.05, 0.1) is 35.5 Å². The maximum Gasteiger partial charge on any atom is 0.258 e. The van der Waals surface area contributed by atoms with Gasteiger partial charge in [-0.05, 0) is 72.5 Å². The average Bonchev–Trinajstić information content (AvgIpc) is 3.87. The molecule has 1 atom stereocenters. The van der Waals surface area contributed by atoms with E-state index in [1.165, 1.54) is 28.9 Å². The Balaban J connectivity index is 1.20. The van der Waals surface area contributed by atoms with Crippen molar-refractivity contribution in [3.63, 3.8) is 0 Å². The van der Waals surface area contributed by atoms with Crippen LogP contribution in [-0.2, 0) is 16.1 Å². The number of halogens is 1. The van der Waals surface area contributed by atoms with Gasteiger partial charge in [0.25, 0.3) is 11.8 Å². The van der Waals surface area contributed by atoms with Crippen LogP contribution >= 0.6 is 23.1 Å². The second-order valence-electron chi connectivity index (χ2n) is 10.4. The first-order chi connectivity index (χ1) is 23.0. The van der Waals surface area contributed by atoms with Crippen LogP contribution in [0.3, 0.4) is 0 Å². The van der Waals surface area contributed by atoms with E-state index in [2.05, 4.69) is 15.5 Å². The van der Waals surface area contributed by atoms with Crippen molar-refractivity contribution in [2.45, 2.75) is 31.1 Å². The number of carbonyl (C=O) groups is 2. The molecular weight excluding hydrogens is 640 g/mol. The molecule has 6 rings (SSSR count). The number of thioether (sulfide) groups is 1. The predicted molar refractivity (Wildman–Crippen MR) is 178 cm³/mol. The molecule has 240 valence electrons. The molecule has 0 unspecified atom stereocenters. The van der Waals surface area contributed by atoms with Crippen LogP contribution in [0.15, 0.2) is 107 Å². The maximum absolute atomic E-state index is 13.7. The highest BCUT2D eigenvalue weighted by molar-refractivity contribution is 7.99. The smallest absolute Gasteiger partial charge is 0.258 e. The molecule has 10 nitrogen and oxygen atoms in total. The van der Waals surface area contributed by atoms with E-state index in [4.69, 9.17) is 14.6 Å². The molecule has 47 heavy (non-hydrogen) atoms. The number of aromatic nitrogens is 3. The average molecular weight is 671 g/mol. The standard InChI is InChI=1S/C34H31FN6O4S2/c1-2-44-27-16-14-25(15-17-27)40-31(20-36-32(42)21-45-26-7-4-3-5-8-26)37-38-34(40)47-22-33(43)41-29(23-10-12-24(35)13-11-23)19-28(39-41)30-9-6-18-46-30/h3-18,29H,2,19-22H2,1H3,(H,36,42)/t29-/m0/s1. The van der Waals surface area contributed by atoms with Gasteiger partial charge in [0, 0.05) is 12.1 Å². The minimum atomic E-state index is -0.367. The van der Waals surface area contributed by atoms with Gasteiger partial charge in [0.1, 0.15) is 17.3 Å². The summed E-state index contributed by atoms with van der Waals surface area (Å²) in [6, 6.07) is 26.2. The molecule has 3 heterocycles. The van der Waals surface area contributed by atoms with Gasteiger partial charge in [-0.2, -0.15) is 5.10 Å². The fourth-order valence-electron chi connectivity index (χ4n) is 4.99. The number of benzene rings is 3. The van der Waals surface area contributed by atoms with E-state index in [9.17, 15) is 14.0 Å². The first kappa shape index (κ1) is 32.0. The van der Waals surface area contributed by atoms with Crippen molar-refractivity contribution in [1.82, 2.24) is 25.1 Å². The third kappa shape index (κ3) is 7.87. The lowest BCUT2D eigenvalue weighted by atomic mass is 10.0. The SMILES string of the molecule is CCOc1ccc(-n2c(CNC(=O)COc3ccccc3)nnc2SCC(=O)N2N=C(c3cccs3)C[C@H]2c2ccc(F)cc2)cc1. The summed E-state index contributed by atoms with van der Waals surface area (Å²) in [7, 11) is 0. The third-order valence-electron chi connectivity index (χ3n) is 7.21. The number of carbonyl (C=O) groups excluding carboxylic acids is 2. The Kier molecular flexibility index (Phi) is 10.2. The highest BCUT2D eigenvalue weighted by Crippen LogP contribution is 2.35. The number of hydrogen-bond donors (Lipinski definition) is 1. The highest BCUT2D eigenvalue weighted by atomic mass is 32.2. The van der Waals surface area contributed by atoms with E-state index >= 15 is 0 Å². The normalized spacial score (nSPS) is 14.1. The van der Waals surface area contributed by atoms with Crippen molar-refractivity contribution < 1.29 is 23.5 Å². The zero-order valence-electron chi connectivity index (χ0n) is 25.4. The Bertz CT molecular complexity index is 1830. The number of hydrogen-bond acceptors (Lipinski definition) is 9. The predicted octanol–water partition coefficient (Wildman–Crippen LogP) is 6.03. The molecule has 0 radical (unpaired) electrons. The van der Waals surface area contributed by atoms with Gasteiger partial charge in [-0.15, -0.1) is 21.5 Å². The zero-order valence-corrected chi connectivity index (χ0v) is 27.0. The van der Waals surface area contributed by atoms with Crippen LogP contribution < -0.4 is 14.8 Å². The topological polar surface area (TPSA) is 111 Å². The molecular formula is C34H31FN6O4S2. The summed E-state index contributed by atoms with van der Waals surface area (Å²) in [5, 5.41) is 20.2. The van der Waals surface area contributed by atoms with E-state index in [1.54, 1.807) is 40.2 Å². The summed E-state index contributed by atoms with van der Waals surface area (Å²) in [6.07, 6.45) is 0.517. The fraction of sp³-hybridized carbons (Fsp3) is 0.206. The van der Waals surface area contributed by atoms with E-state index in [1.807, 2.05) is 66.9 Å². The van der Waals surface area contributed by atoms with Crippen LogP contribution in [0.1, 0.15) is 35.7 Å². The molecule has 5 aromatic rings. The van der Waals surface area contributed by atoms with Crippen molar-refractivity contribution >= 4 is 40.6 Å². The molecule has 1 N–H and O–H groups in total. The number of nitrogens with zero attached hydrogens (tertiary/aromatic N) is 5. The van der Waals surface area contributed by atoms with Gasteiger partial charge in [-0.3, -0.25) is 14.2 Å². The van der Waals surface area contributed by atoms with Gasteiger partial charge in [0.2, 0.25) is 0 Å². The van der Waals surface area contributed by atoms with Crippen LogP contribution in [0, 0.1) is 5.82 Å². The number of para-hydroxylation sites is 1. The molecule has 0 fully saturated rings. The second-order valence-corrected chi connectivity index (χ2v) is 12.3. The molecule has 3 aromatic carbocycles. The summed E-state index contributed by atoms with van der Waals surface area (Å²) < 4.78 is 26.7. The van der Waals surface area contributed by atoms with Crippen LogP contribution in [0.5, 0.6) is 11.5 Å². The maximum atomic E-state index is 13.7. The number of hydrazone groups is 1. The summed E-state index contributed by atoms with van der Waals surface area (Å²) in [5.74, 6) is 0.900. The molecule has 13 heteroatoms. The molecule has 1 aliphatic rings. The van der Waals surface area contributed by atoms with Crippen LogP contribution in [0.2, 0.25) is 0 Å². The van der Waals surface area contributed by atoms with E-state index < -0.39 is 0 Å². The molecule has 2 amide bonds. The van der Waals surface area contributed by atoms with Crippen molar-refractivity contribution in [1.29, 1.82) is 0 Å². The Morgan fingerprint density at radius 1 is 0.957 bits per heavy atom. The van der Waals surface area contributed by atoms with Crippen molar-refractivity contribution in [2.75, 3.05) is 19.0 Å². The molecule has 0 bridgehead atoms. The number of ether oxygens (including phenoxy) is 2. The first-order valence-electron chi connectivity index (χ1n) is 14.9. The Morgan fingerprint density at radius 2 is 1.72 bits per heavy atom. The fourth-order valence-corrected chi connectivity index (χ4v) is 6.53. The van der Waals surface area contributed by atoms with Gasteiger partial charge >= 0.3 is 0 Å². The molecule has 1 aliphatic heterocycles. The van der Waals surface area contributed by atoms with Crippen molar-refractivity contribution in [2.24, 2.45) is 5.10 Å². The van der Waals surface area contributed by atoms with Gasteiger partial charge < -0.3 is 14.8 Å². The lowest BCUT2D eigenvalue weighted by Gasteiger charge is -2.22. The first-order valence-corrected chi connectivity index (χ1v) is 16.8. The molecule has 0 spiro atoms. The van der Waals surface area contributed by atoms with Gasteiger partial charge in [0.15, 0.2) is 17.6 Å². The third-order valence-corrected chi connectivity index (χ3v) is 9.05. The lowest BCUT2D eigenvalue weighted by molar-refractivity contribution is -0.130. The van der Waals surface area contributed by atoms with Crippen molar-refractivity contribution in [3.05, 3.63) is 118 Å². The van der Waals surface area contributed by atoms with E-state index in [-0.39, 0.29) is 42.6 Å². The largest absolute Gasteiger partial charge is 0.494 e. The summed E-state index contributed by atoms with van der Waals surface area (Å²) in [4.78, 5) is 27.3. The molecule has 0 saturated carbocycles. The van der Waals surface area contributed by atoms with Gasteiger partial charge in [-0.25, -0.2) is 9.40 Å². The summed E-state index contributed by atoms with van der Waals surface area (Å²) >= 11 is 2.77. The molecule has 0 saturated heterocycles. The van der Waals surface area contributed by atoms with Crippen LogP contribution in [-0.4, -0.2) is 56.3 Å². The second kappa shape index (κ2) is 15.1. The Morgan fingerprint density at radius 3 is 2.45 bits per heavy atom. The zero-order chi connectivity index (χ0) is 32.6. The van der Waals surface area contributed by atoms with E-state index in [0.29, 0.717) is 35.5 Å². The van der Waals surface area contributed by atoms with Gasteiger partial charge in [-0.1, -0.05) is 48.2 Å². The van der Waals surface area contributed by atoms with Crippen LogP contribution in [0.4, 0.5) is 4.39 Å². The molecule has 0 aliphatic carbocycles. The van der Waals surface area contributed by atoms with Crippen LogP contribution in [0.25, 0.3) is 5.69 Å². The Hall–Kier alpha value is -5.01. The number of nitrogens with one attached hydrogen (secondary N) is 1. The van der Waals surface area contributed by atoms with E-state index in [0.717, 1.165) is 21.8 Å². The highest BCUT2D eigenvalue weighted by Gasteiger charge is 2.33.